The Kier molecular flexibility index (Phi) is 13.1. The van der Waals surface area contributed by atoms with Crippen molar-refractivity contribution in [3.8, 4) is 0 Å². The third-order valence-corrected chi connectivity index (χ3v) is 8.64. The van der Waals surface area contributed by atoms with Gasteiger partial charge < -0.3 is 25.8 Å². The molecule has 2 aromatic rings. The standard InChI is InChI=1S/C36H52N6O5/c1-22(2)29(39-34(45)30(23(3)4)40(7)8)35(46)41(9)31(24(5)6)36(47)42-21-15-20-28(42)33(44)38-27-19-14-13-18-26(27)32(43)37-25-16-11-10-12-17-25/h10-14,16-19,22-24,28-31H,15,20-21H2,1-9H3,(H,37,43)(H,38,44)(H,39,45)/t28-,29-,30-,31-/m0/s1. The molecule has 11 heteroatoms. The number of likely N-dealkylation sites (N-methyl/N-ethyl adjacent to an activating group) is 2. The topological polar surface area (TPSA) is 131 Å². The summed E-state index contributed by atoms with van der Waals surface area (Å²) in [4.78, 5) is 73.0. The molecule has 0 bridgehead atoms. The second-order valence-corrected chi connectivity index (χ2v) is 13.6. The quantitative estimate of drug-likeness (QED) is 0.300. The van der Waals surface area contributed by atoms with Crippen LogP contribution in [0.1, 0.15) is 64.7 Å². The van der Waals surface area contributed by atoms with Crippen molar-refractivity contribution in [1.82, 2.24) is 20.0 Å². The second kappa shape index (κ2) is 16.5. The van der Waals surface area contributed by atoms with Crippen molar-refractivity contribution < 1.29 is 24.0 Å². The summed E-state index contributed by atoms with van der Waals surface area (Å²) in [6.07, 6.45) is 1.07. The zero-order valence-corrected chi connectivity index (χ0v) is 29.2. The molecular weight excluding hydrogens is 596 g/mol. The van der Waals surface area contributed by atoms with Crippen LogP contribution >= 0.6 is 0 Å². The van der Waals surface area contributed by atoms with Crippen molar-refractivity contribution >= 4 is 40.9 Å². The molecule has 3 N–H and O–H groups in total. The first kappa shape index (κ1) is 37.2. The Morgan fingerprint density at radius 3 is 1.94 bits per heavy atom. The minimum atomic E-state index is -0.854. The highest BCUT2D eigenvalue weighted by molar-refractivity contribution is 6.11. The fourth-order valence-corrected chi connectivity index (χ4v) is 6.34. The minimum Gasteiger partial charge on any atom is -0.343 e. The SMILES string of the molecule is CC(C)[C@H](NC(=O)[C@H](C(C)C)N(C)C)C(=O)N(C)[C@H](C(=O)N1CCC[C@H]1C(=O)Nc1ccccc1C(=O)Nc1ccccc1)C(C)C. The van der Waals surface area contributed by atoms with Crippen LogP contribution in [0.2, 0.25) is 0 Å². The van der Waals surface area contributed by atoms with Crippen LogP contribution in [-0.4, -0.2) is 96.1 Å². The van der Waals surface area contributed by atoms with Gasteiger partial charge in [0, 0.05) is 19.3 Å². The molecule has 3 rings (SSSR count). The van der Waals surface area contributed by atoms with Gasteiger partial charge in [0.1, 0.15) is 18.1 Å². The van der Waals surface area contributed by atoms with Gasteiger partial charge in [0.05, 0.1) is 17.3 Å². The summed E-state index contributed by atoms with van der Waals surface area (Å²) in [6, 6.07) is 12.9. The van der Waals surface area contributed by atoms with Crippen LogP contribution in [0.5, 0.6) is 0 Å². The van der Waals surface area contributed by atoms with Crippen molar-refractivity contribution in [1.29, 1.82) is 0 Å². The third kappa shape index (κ3) is 9.18. The van der Waals surface area contributed by atoms with E-state index in [1.54, 1.807) is 48.3 Å². The molecule has 0 radical (unpaired) electrons. The predicted octanol–water partition coefficient (Wildman–Crippen LogP) is 4.08. The van der Waals surface area contributed by atoms with Crippen molar-refractivity contribution in [3.63, 3.8) is 0 Å². The molecular formula is C36H52N6O5. The number of carbonyl (C=O) groups is 5. The highest BCUT2D eigenvalue weighted by atomic mass is 16.2. The van der Waals surface area contributed by atoms with Gasteiger partial charge in [0.25, 0.3) is 5.91 Å². The molecule has 4 atom stereocenters. The summed E-state index contributed by atoms with van der Waals surface area (Å²) in [5.41, 5.74) is 1.26. The van der Waals surface area contributed by atoms with E-state index in [0.29, 0.717) is 36.3 Å². The maximum Gasteiger partial charge on any atom is 0.257 e. The lowest BCUT2D eigenvalue weighted by Gasteiger charge is -2.38. The van der Waals surface area contributed by atoms with E-state index in [4.69, 9.17) is 0 Å². The molecule has 1 saturated heterocycles. The summed E-state index contributed by atoms with van der Waals surface area (Å²) < 4.78 is 0. The van der Waals surface area contributed by atoms with E-state index in [2.05, 4.69) is 16.0 Å². The normalized spacial score (nSPS) is 16.6. The average molecular weight is 649 g/mol. The summed E-state index contributed by atoms with van der Waals surface area (Å²) in [7, 11) is 5.25. The van der Waals surface area contributed by atoms with Crippen LogP contribution in [0.4, 0.5) is 11.4 Å². The van der Waals surface area contributed by atoms with Crippen LogP contribution in [0.15, 0.2) is 54.6 Å². The van der Waals surface area contributed by atoms with E-state index in [1.807, 2.05) is 78.7 Å². The molecule has 0 unspecified atom stereocenters. The van der Waals surface area contributed by atoms with Crippen molar-refractivity contribution in [3.05, 3.63) is 60.2 Å². The first-order chi connectivity index (χ1) is 22.1. The van der Waals surface area contributed by atoms with Crippen LogP contribution in [0.25, 0.3) is 0 Å². The largest absolute Gasteiger partial charge is 0.343 e. The monoisotopic (exact) mass is 648 g/mol. The van der Waals surface area contributed by atoms with Gasteiger partial charge in [0.2, 0.25) is 23.6 Å². The number of nitrogens with one attached hydrogen (secondary N) is 3. The van der Waals surface area contributed by atoms with Gasteiger partial charge in [-0.15, -0.1) is 0 Å². The lowest BCUT2D eigenvalue weighted by molar-refractivity contribution is -0.150. The molecule has 11 nitrogen and oxygen atoms in total. The van der Waals surface area contributed by atoms with Crippen molar-refractivity contribution in [2.75, 3.05) is 38.3 Å². The first-order valence-corrected chi connectivity index (χ1v) is 16.5. The maximum atomic E-state index is 14.2. The molecule has 1 fully saturated rings. The number of likely N-dealkylation sites (tertiary alicyclic amines) is 1. The molecule has 1 aliphatic rings. The fraction of sp³-hybridized carbons (Fsp3) is 0.528. The van der Waals surface area contributed by atoms with Gasteiger partial charge in [-0.1, -0.05) is 71.9 Å². The molecule has 1 heterocycles. The Morgan fingerprint density at radius 2 is 1.36 bits per heavy atom. The molecule has 0 aliphatic carbocycles. The third-order valence-electron chi connectivity index (χ3n) is 8.64. The summed E-state index contributed by atoms with van der Waals surface area (Å²) in [5, 5.41) is 8.68. The lowest BCUT2D eigenvalue weighted by Crippen LogP contribution is -2.60. The van der Waals surface area contributed by atoms with E-state index >= 15 is 0 Å². The van der Waals surface area contributed by atoms with E-state index in [0.717, 1.165) is 0 Å². The first-order valence-electron chi connectivity index (χ1n) is 16.5. The second-order valence-electron chi connectivity index (χ2n) is 13.6. The van der Waals surface area contributed by atoms with E-state index in [9.17, 15) is 24.0 Å². The molecule has 1 aliphatic heterocycles. The Hall–Kier alpha value is -4.25. The maximum absolute atomic E-state index is 14.2. The highest BCUT2D eigenvalue weighted by Gasteiger charge is 2.42. The van der Waals surface area contributed by atoms with Gasteiger partial charge in [0.15, 0.2) is 0 Å². The van der Waals surface area contributed by atoms with Gasteiger partial charge in [-0.05, 0) is 69.0 Å². The van der Waals surface area contributed by atoms with E-state index < -0.39 is 30.1 Å². The molecule has 0 aromatic heterocycles. The van der Waals surface area contributed by atoms with Gasteiger partial charge in [-0.2, -0.15) is 0 Å². The number of hydrogen-bond donors (Lipinski definition) is 3. The molecule has 47 heavy (non-hydrogen) atoms. The minimum absolute atomic E-state index is 0.0269. The lowest BCUT2D eigenvalue weighted by atomic mass is 9.96. The Labute approximate surface area is 279 Å². The molecule has 0 spiro atoms. The van der Waals surface area contributed by atoms with Crippen LogP contribution in [0.3, 0.4) is 0 Å². The van der Waals surface area contributed by atoms with Crippen LogP contribution in [0, 0.1) is 17.8 Å². The Morgan fingerprint density at radius 1 is 0.766 bits per heavy atom. The zero-order chi connectivity index (χ0) is 35.0. The number of rotatable bonds is 13. The van der Waals surface area contributed by atoms with E-state index in [-0.39, 0.29) is 41.4 Å². The van der Waals surface area contributed by atoms with Crippen molar-refractivity contribution in [2.24, 2.45) is 17.8 Å². The smallest absolute Gasteiger partial charge is 0.257 e. The number of nitrogens with zero attached hydrogens (tertiary/aromatic N) is 3. The van der Waals surface area contributed by atoms with Gasteiger partial charge in [-0.3, -0.25) is 28.9 Å². The van der Waals surface area contributed by atoms with Gasteiger partial charge in [-0.25, -0.2) is 0 Å². The van der Waals surface area contributed by atoms with E-state index in [1.165, 1.54) is 4.90 Å². The molecule has 256 valence electrons. The zero-order valence-electron chi connectivity index (χ0n) is 29.2. The predicted molar refractivity (Wildman–Crippen MR) is 185 cm³/mol. The van der Waals surface area contributed by atoms with Gasteiger partial charge >= 0.3 is 0 Å². The molecule has 5 amide bonds. The molecule has 0 saturated carbocycles. The summed E-state index contributed by atoms with van der Waals surface area (Å²) in [6.45, 7) is 11.7. The number of para-hydroxylation sites is 2. The Bertz CT molecular complexity index is 1400. The van der Waals surface area contributed by atoms with Crippen LogP contribution in [-0.2, 0) is 19.2 Å². The van der Waals surface area contributed by atoms with Crippen molar-refractivity contribution in [2.45, 2.75) is 78.6 Å². The number of carbonyl (C=O) groups excluding carboxylic acids is 5. The Balaban J connectivity index is 1.79. The number of benzene rings is 2. The summed E-state index contributed by atoms with van der Waals surface area (Å²) >= 11 is 0. The number of amides is 5. The van der Waals surface area contributed by atoms with Crippen LogP contribution < -0.4 is 16.0 Å². The fourth-order valence-electron chi connectivity index (χ4n) is 6.34. The highest BCUT2D eigenvalue weighted by Crippen LogP contribution is 2.26. The number of hydrogen-bond acceptors (Lipinski definition) is 6. The average Bonchev–Trinajstić information content (AvgIpc) is 3.50. The number of anilines is 2. The molecule has 2 aromatic carbocycles. The summed E-state index contributed by atoms with van der Waals surface area (Å²) in [5.74, 6) is -2.17.